The summed E-state index contributed by atoms with van der Waals surface area (Å²) < 4.78 is 29.8. The minimum absolute atomic E-state index is 0.193. The second kappa shape index (κ2) is 10.4. The van der Waals surface area contributed by atoms with E-state index in [9.17, 15) is 14.0 Å². The zero-order valence-corrected chi connectivity index (χ0v) is 18.4. The van der Waals surface area contributed by atoms with E-state index in [4.69, 9.17) is 14.2 Å². The van der Waals surface area contributed by atoms with Gasteiger partial charge in [-0.15, -0.1) is 11.8 Å². The van der Waals surface area contributed by atoms with Crippen LogP contribution in [0.2, 0.25) is 0 Å². The van der Waals surface area contributed by atoms with Crippen molar-refractivity contribution in [3.8, 4) is 17.2 Å². The number of hydrogen-bond acceptors (Lipinski definition) is 6. The molecule has 7 nitrogen and oxygen atoms in total. The van der Waals surface area contributed by atoms with E-state index in [0.717, 1.165) is 0 Å². The molecule has 166 valence electrons. The van der Waals surface area contributed by atoms with Gasteiger partial charge in [0.05, 0.1) is 26.6 Å². The normalized spacial score (nSPS) is 18.1. The molecule has 1 heterocycles. The highest BCUT2D eigenvalue weighted by Crippen LogP contribution is 2.34. The van der Waals surface area contributed by atoms with E-state index in [1.54, 1.807) is 30.3 Å². The van der Waals surface area contributed by atoms with Gasteiger partial charge in [-0.05, 0) is 24.1 Å². The second-order valence-electron chi connectivity index (χ2n) is 6.92. The van der Waals surface area contributed by atoms with E-state index < -0.39 is 11.3 Å². The Morgan fingerprint density at radius 3 is 2.42 bits per heavy atom. The SMILES string of the molecule is COc1cc(OC)c(OC)cc1CNC(=O)[C@H]1CS[C@@H](Cc2ccccc2F)C(=O)N1. The highest BCUT2D eigenvalue weighted by molar-refractivity contribution is 8.00. The zero-order valence-electron chi connectivity index (χ0n) is 17.6. The summed E-state index contributed by atoms with van der Waals surface area (Å²) in [7, 11) is 4.58. The van der Waals surface area contributed by atoms with E-state index in [1.165, 1.54) is 39.2 Å². The Balaban J connectivity index is 1.59. The molecule has 0 aromatic heterocycles. The van der Waals surface area contributed by atoms with Gasteiger partial charge in [0, 0.05) is 23.9 Å². The molecule has 1 aliphatic rings. The van der Waals surface area contributed by atoms with E-state index in [2.05, 4.69) is 10.6 Å². The van der Waals surface area contributed by atoms with Gasteiger partial charge in [0.1, 0.15) is 17.6 Å². The first-order valence-electron chi connectivity index (χ1n) is 9.68. The molecule has 1 aliphatic heterocycles. The minimum Gasteiger partial charge on any atom is -0.496 e. The van der Waals surface area contributed by atoms with Crippen molar-refractivity contribution in [2.45, 2.75) is 24.3 Å². The highest BCUT2D eigenvalue weighted by Gasteiger charge is 2.32. The Kier molecular flexibility index (Phi) is 7.62. The zero-order chi connectivity index (χ0) is 22.4. The van der Waals surface area contributed by atoms with Crippen LogP contribution in [0.1, 0.15) is 11.1 Å². The predicted octanol–water partition coefficient (Wildman–Crippen LogP) is 2.31. The maximum atomic E-state index is 13.9. The van der Waals surface area contributed by atoms with Crippen molar-refractivity contribution < 1.29 is 28.2 Å². The molecule has 2 N–H and O–H groups in total. The van der Waals surface area contributed by atoms with Gasteiger partial charge in [0.15, 0.2) is 11.5 Å². The maximum absolute atomic E-state index is 13.9. The summed E-state index contributed by atoms with van der Waals surface area (Å²) in [6.07, 6.45) is 0.278. The van der Waals surface area contributed by atoms with Gasteiger partial charge in [-0.2, -0.15) is 0 Å². The van der Waals surface area contributed by atoms with Gasteiger partial charge >= 0.3 is 0 Å². The molecular formula is C22H25FN2O5S. The molecule has 0 bridgehead atoms. The van der Waals surface area contributed by atoms with Crippen molar-refractivity contribution in [3.05, 3.63) is 53.3 Å². The molecule has 0 unspecified atom stereocenters. The van der Waals surface area contributed by atoms with Crippen LogP contribution < -0.4 is 24.8 Å². The average Bonchev–Trinajstić information content (AvgIpc) is 2.79. The van der Waals surface area contributed by atoms with Crippen LogP contribution in [0.5, 0.6) is 17.2 Å². The fourth-order valence-electron chi connectivity index (χ4n) is 3.29. The third-order valence-corrected chi connectivity index (χ3v) is 6.30. The van der Waals surface area contributed by atoms with Crippen molar-refractivity contribution in [2.75, 3.05) is 27.1 Å². The Morgan fingerprint density at radius 1 is 1.10 bits per heavy atom. The smallest absolute Gasteiger partial charge is 0.243 e. The summed E-state index contributed by atoms with van der Waals surface area (Å²) in [5.41, 5.74) is 1.19. The number of rotatable bonds is 8. The summed E-state index contributed by atoms with van der Waals surface area (Å²) in [5.74, 6) is 1.08. The first kappa shape index (κ1) is 22.7. The predicted molar refractivity (Wildman–Crippen MR) is 116 cm³/mol. The van der Waals surface area contributed by atoms with Gasteiger partial charge in [0.25, 0.3) is 0 Å². The third kappa shape index (κ3) is 5.41. The summed E-state index contributed by atoms with van der Waals surface area (Å²) in [6, 6.07) is 9.14. The number of halogens is 1. The molecule has 0 radical (unpaired) electrons. The maximum Gasteiger partial charge on any atom is 0.243 e. The lowest BCUT2D eigenvalue weighted by atomic mass is 10.1. The lowest BCUT2D eigenvalue weighted by Gasteiger charge is -2.28. The number of carbonyl (C=O) groups excluding carboxylic acids is 2. The first-order chi connectivity index (χ1) is 15.0. The largest absolute Gasteiger partial charge is 0.496 e. The number of ether oxygens (including phenoxy) is 3. The average molecular weight is 449 g/mol. The number of thioether (sulfide) groups is 1. The molecular weight excluding hydrogens is 423 g/mol. The fourth-order valence-corrected chi connectivity index (χ4v) is 4.46. The van der Waals surface area contributed by atoms with Crippen LogP contribution in [-0.2, 0) is 22.6 Å². The Labute approximate surface area is 184 Å². The van der Waals surface area contributed by atoms with Crippen LogP contribution in [0.3, 0.4) is 0 Å². The Hall–Kier alpha value is -2.94. The molecule has 2 atom stereocenters. The van der Waals surface area contributed by atoms with Crippen molar-refractivity contribution in [1.29, 1.82) is 0 Å². The molecule has 1 fully saturated rings. The molecule has 2 aromatic carbocycles. The van der Waals surface area contributed by atoms with E-state index in [0.29, 0.717) is 34.1 Å². The van der Waals surface area contributed by atoms with Crippen LogP contribution in [0.4, 0.5) is 4.39 Å². The number of benzene rings is 2. The molecule has 3 rings (SSSR count). The number of methoxy groups -OCH3 is 3. The molecule has 1 saturated heterocycles. The van der Waals surface area contributed by atoms with Crippen LogP contribution >= 0.6 is 11.8 Å². The number of hydrogen-bond donors (Lipinski definition) is 2. The molecule has 0 aliphatic carbocycles. The lowest BCUT2D eigenvalue weighted by molar-refractivity contribution is -0.128. The van der Waals surface area contributed by atoms with E-state index in [1.807, 2.05) is 0 Å². The topological polar surface area (TPSA) is 85.9 Å². The number of nitrogens with one attached hydrogen (secondary N) is 2. The Morgan fingerprint density at radius 2 is 1.77 bits per heavy atom. The highest BCUT2D eigenvalue weighted by atomic mass is 32.2. The van der Waals surface area contributed by atoms with Gasteiger partial charge in [-0.3, -0.25) is 9.59 Å². The summed E-state index contributed by atoms with van der Waals surface area (Å²) in [5, 5.41) is 5.13. The molecule has 9 heteroatoms. The van der Waals surface area contributed by atoms with E-state index in [-0.39, 0.29) is 30.6 Å². The van der Waals surface area contributed by atoms with Crippen molar-refractivity contribution in [2.24, 2.45) is 0 Å². The third-order valence-electron chi connectivity index (χ3n) is 4.99. The molecule has 0 spiro atoms. The quantitative estimate of drug-likeness (QED) is 0.645. The standard InChI is InChI=1S/C22H25FN2O5S/c1-28-17-10-19(30-3)18(29-2)8-14(17)11-24-21(26)16-12-31-20(22(27)25-16)9-13-6-4-5-7-15(13)23/h4-8,10,16,20H,9,11-12H2,1-3H3,(H,24,26)(H,25,27)/t16-,20+/m1/s1. The summed E-state index contributed by atoms with van der Waals surface area (Å²) in [6.45, 7) is 0.193. The van der Waals surface area contributed by atoms with Crippen molar-refractivity contribution in [3.63, 3.8) is 0 Å². The summed E-state index contributed by atoms with van der Waals surface area (Å²) in [4.78, 5) is 25.1. The van der Waals surface area contributed by atoms with Crippen LogP contribution in [0.15, 0.2) is 36.4 Å². The van der Waals surface area contributed by atoms with Crippen LogP contribution in [0, 0.1) is 5.82 Å². The second-order valence-corrected chi connectivity index (χ2v) is 8.15. The van der Waals surface area contributed by atoms with Crippen LogP contribution in [0.25, 0.3) is 0 Å². The first-order valence-corrected chi connectivity index (χ1v) is 10.7. The Bertz CT molecular complexity index is 955. The van der Waals surface area contributed by atoms with Crippen molar-refractivity contribution >= 4 is 23.6 Å². The van der Waals surface area contributed by atoms with Gasteiger partial charge in [0.2, 0.25) is 11.8 Å². The van der Waals surface area contributed by atoms with Gasteiger partial charge in [-0.25, -0.2) is 4.39 Å². The van der Waals surface area contributed by atoms with Gasteiger partial charge < -0.3 is 24.8 Å². The molecule has 2 amide bonds. The van der Waals surface area contributed by atoms with Crippen LogP contribution in [-0.4, -0.2) is 50.2 Å². The fraction of sp³-hybridized carbons (Fsp3) is 0.364. The summed E-state index contributed by atoms with van der Waals surface area (Å²) >= 11 is 1.35. The minimum atomic E-state index is -0.666. The van der Waals surface area contributed by atoms with Crippen molar-refractivity contribution in [1.82, 2.24) is 10.6 Å². The lowest BCUT2D eigenvalue weighted by Crippen LogP contribution is -2.54. The monoisotopic (exact) mass is 448 g/mol. The molecule has 2 aromatic rings. The molecule has 0 saturated carbocycles. The van der Waals surface area contributed by atoms with Gasteiger partial charge in [-0.1, -0.05) is 18.2 Å². The van der Waals surface area contributed by atoms with E-state index >= 15 is 0 Å². The molecule has 31 heavy (non-hydrogen) atoms. The number of amides is 2. The number of carbonyl (C=O) groups is 2.